The van der Waals surface area contributed by atoms with E-state index in [1.54, 1.807) is 12.1 Å². The van der Waals surface area contributed by atoms with Crippen molar-refractivity contribution < 1.29 is 9.18 Å². The van der Waals surface area contributed by atoms with E-state index in [1.165, 1.54) is 17.7 Å². The predicted octanol–water partition coefficient (Wildman–Crippen LogP) is 4.38. The maximum atomic E-state index is 12.9. The van der Waals surface area contributed by atoms with Crippen LogP contribution in [0.4, 0.5) is 4.39 Å². The van der Waals surface area contributed by atoms with Gasteiger partial charge in [-0.15, -0.1) is 0 Å². The van der Waals surface area contributed by atoms with E-state index in [1.807, 2.05) is 12.1 Å². The summed E-state index contributed by atoms with van der Waals surface area (Å²) in [5, 5.41) is 0. The second-order valence-electron chi connectivity index (χ2n) is 4.93. The highest BCUT2D eigenvalue weighted by atomic mass is 19.1. The topological polar surface area (TPSA) is 17.1 Å². The van der Waals surface area contributed by atoms with Crippen molar-refractivity contribution in [3.05, 3.63) is 70.5 Å². The summed E-state index contributed by atoms with van der Waals surface area (Å²) in [7, 11) is 0. The number of Topliss-reactive ketones (excluding diaryl/α,β-unsaturated/α-hetero) is 1. The molecule has 0 bridgehead atoms. The largest absolute Gasteiger partial charge is 0.294 e. The van der Waals surface area contributed by atoms with E-state index in [9.17, 15) is 9.18 Å². The summed E-state index contributed by atoms with van der Waals surface area (Å²) in [6, 6.07) is 12.2. The summed E-state index contributed by atoms with van der Waals surface area (Å²) < 4.78 is 12.9. The van der Waals surface area contributed by atoms with Gasteiger partial charge < -0.3 is 0 Å². The Kier molecular flexibility index (Phi) is 4.67. The van der Waals surface area contributed by atoms with Crippen molar-refractivity contribution >= 4 is 5.78 Å². The Morgan fingerprint density at radius 2 is 1.60 bits per heavy atom. The summed E-state index contributed by atoms with van der Waals surface area (Å²) >= 11 is 0. The molecule has 0 amide bonds. The number of aryl methyl sites for hydroxylation is 2. The summed E-state index contributed by atoms with van der Waals surface area (Å²) in [5.41, 5.74) is 3.90. The molecule has 0 N–H and O–H groups in total. The smallest absolute Gasteiger partial charge is 0.167 e. The van der Waals surface area contributed by atoms with Crippen molar-refractivity contribution in [1.82, 2.24) is 0 Å². The number of rotatable bonds is 5. The van der Waals surface area contributed by atoms with E-state index >= 15 is 0 Å². The Hall–Kier alpha value is -1.96. The minimum absolute atomic E-state index is 0.101. The summed E-state index contributed by atoms with van der Waals surface area (Å²) in [6.45, 7) is 4.13. The third kappa shape index (κ3) is 3.32. The fourth-order valence-corrected chi connectivity index (χ4v) is 2.29. The van der Waals surface area contributed by atoms with Crippen LogP contribution in [0.5, 0.6) is 0 Å². The molecule has 0 fully saturated rings. The molecule has 0 aliphatic rings. The zero-order chi connectivity index (χ0) is 14.5. The third-order valence-corrected chi connectivity index (χ3v) is 3.54. The molecule has 0 aliphatic heterocycles. The summed E-state index contributed by atoms with van der Waals surface area (Å²) in [6.07, 6.45) is 2.08. The van der Waals surface area contributed by atoms with Crippen LogP contribution in [0.15, 0.2) is 42.5 Å². The molecular formula is C18H19FO. The zero-order valence-electron chi connectivity index (χ0n) is 11.9. The van der Waals surface area contributed by atoms with Gasteiger partial charge in [0.15, 0.2) is 5.78 Å². The first kappa shape index (κ1) is 14.4. The van der Waals surface area contributed by atoms with Crippen LogP contribution in [0.25, 0.3) is 0 Å². The maximum absolute atomic E-state index is 12.9. The monoisotopic (exact) mass is 270 g/mol. The van der Waals surface area contributed by atoms with Gasteiger partial charge in [0.05, 0.1) is 0 Å². The number of carbonyl (C=O) groups excluding carboxylic acids is 1. The molecule has 1 nitrogen and oxygen atoms in total. The Balaban J connectivity index is 2.25. The van der Waals surface area contributed by atoms with Crippen LogP contribution in [-0.2, 0) is 19.3 Å². The zero-order valence-corrected chi connectivity index (χ0v) is 11.9. The van der Waals surface area contributed by atoms with E-state index < -0.39 is 0 Å². The van der Waals surface area contributed by atoms with Gasteiger partial charge in [0.2, 0.25) is 0 Å². The van der Waals surface area contributed by atoms with E-state index in [0.717, 1.165) is 29.5 Å². The van der Waals surface area contributed by atoms with Crippen molar-refractivity contribution in [2.45, 2.75) is 33.1 Å². The highest BCUT2D eigenvalue weighted by molar-refractivity contribution is 5.99. The SMILES string of the molecule is CCc1ccc(CC)c(C(=O)Cc2ccc(F)cc2)c1. The van der Waals surface area contributed by atoms with Crippen molar-refractivity contribution in [3.63, 3.8) is 0 Å². The van der Waals surface area contributed by atoms with Crippen molar-refractivity contribution in [2.75, 3.05) is 0 Å². The minimum atomic E-state index is -0.275. The van der Waals surface area contributed by atoms with Gasteiger partial charge in [0.25, 0.3) is 0 Å². The van der Waals surface area contributed by atoms with Gasteiger partial charge >= 0.3 is 0 Å². The fourth-order valence-electron chi connectivity index (χ4n) is 2.29. The van der Waals surface area contributed by atoms with Gasteiger partial charge in [0.1, 0.15) is 5.82 Å². The maximum Gasteiger partial charge on any atom is 0.167 e. The predicted molar refractivity (Wildman–Crippen MR) is 79.6 cm³/mol. The van der Waals surface area contributed by atoms with E-state index in [-0.39, 0.29) is 11.6 Å². The summed E-state index contributed by atoms with van der Waals surface area (Å²) in [5.74, 6) is -0.174. The van der Waals surface area contributed by atoms with Crippen LogP contribution >= 0.6 is 0 Å². The molecule has 104 valence electrons. The lowest BCUT2D eigenvalue weighted by Gasteiger charge is -2.09. The number of halogens is 1. The number of hydrogen-bond donors (Lipinski definition) is 0. The molecule has 0 aliphatic carbocycles. The number of hydrogen-bond acceptors (Lipinski definition) is 1. The van der Waals surface area contributed by atoms with Crippen molar-refractivity contribution in [3.8, 4) is 0 Å². The van der Waals surface area contributed by atoms with Crippen LogP contribution in [0.1, 0.15) is 40.9 Å². The Labute approximate surface area is 119 Å². The lowest BCUT2D eigenvalue weighted by Crippen LogP contribution is -2.08. The van der Waals surface area contributed by atoms with Gasteiger partial charge in [0, 0.05) is 12.0 Å². The lowest BCUT2D eigenvalue weighted by atomic mass is 9.94. The van der Waals surface area contributed by atoms with Crippen molar-refractivity contribution in [1.29, 1.82) is 0 Å². The normalized spacial score (nSPS) is 10.6. The van der Waals surface area contributed by atoms with Crippen LogP contribution in [0.2, 0.25) is 0 Å². The van der Waals surface area contributed by atoms with Gasteiger partial charge in [-0.3, -0.25) is 4.79 Å². The second kappa shape index (κ2) is 6.47. The second-order valence-corrected chi connectivity index (χ2v) is 4.93. The summed E-state index contributed by atoms with van der Waals surface area (Å²) in [4.78, 5) is 12.5. The first-order valence-electron chi connectivity index (χ1n) is 7.03. The third-order valence-electron chi connectivity index (χ3n) is 3.54. The van der Waals surface area contributed by atoms with Gasteiger partial charge in [-0.1, -0.05) is 38.1 Å². The Morgan fingerprint density at radius 1 is 0.950 bits per heavy atom. The number of benzene rings is 2. The van der Waals surface area contributed by atoms with E-state index in [0.29, 0.717) is 6.42 Å². The van der Waals surface area contributed by atoms with Gasteiger partial charge in [-0.2, -0.15) is 0 Å². The van der Waals surface area contributed by atoms with Crippen LogP contribution in [-0.4, -0.2) is 5.78 Å². The average molecular weight is 270 g/mol. The Bertz CT molecular complexity index is 599. The number of ketones is 1. The molecule has 0 atom stereocenters. The molecule has 0 saturated heterocycles. The minimum Gasteiger partial charge on any atom is -0.294 e. The molecule has 0 spiro atoms. The molecule has 0 unspecified atom stereocenters. The quantitative estimate of drug-likeness (QED) is 0.737. The lowest BCUT2D eigenvalue weighted by molar-refractivity contribution is 0.0992. The fraction of sp³-hybridized carbons (Fsp3) is 0.278. The van der Waals surface area contributed by atoms with Crippen LogP contribution < -0.4 is 0 Å². The van der Waals surface area contributed by atoms with Crippen LogP contribution in [0.3, 0.4) is 0 Å². The molecule has 2 heteroatoms. The molecule has 0 radical (unpaired) electrons. The average Bonchev–Trinajstić information content (AvgIpc) is 2.48. The van der Waals surface area contributed by atoms with Crippen LogP contribution in [0, 0.1) is 5.82 Å². The molecule has 0 aromatic heterocycles. The first-order valence-corrected chi connectivity index (χ1v) is 7.03. The standard InChI is InChI=1S/C18H19FO/c1-3-13-5-8-15(4-2)17(11-13)18(20)12-14-6-9-16(19)10-7-14/h5-11H,3-4,12H2,1-2H3. The number of carbonyl (C=O) groups is 1. The van der Waals surface area contributed by atoms with E-state index in [2.05, 4.69) is 19.9 Å². The first-order chi connectivity index (χ1) is 9.63. The van der Waals surface area contributed by atoms with Gasteiger partial charge in [-0.25, -0.2) is 4.39 Å². The highest BCUT2D eigenvalue weighted by Crippen LogP contribution is 2.17. The molecule has 0 heterocycles. The molecule has 2 aromatic carbocycles. The molecule has 20 heavy (non-hydrogen) atoms. The Morgan fingerprint density at radius 3 is 2.20 bits per heavy atom. The molecule has 2 rings (SSSR count). The highest BCUT2D eigenvalue weighted by Gasteiger charge is 2.12. The molecular weight excluding hydrogens is 251 g/mol. The molecule has 2 aromatic rings. The van der Waals surface area contributed by atoms with Crippen molar-refractivity contribution in [2.24, 2.45) is 0 Å². The van der Waals surface area contributed by atoms with E-state index in [4.69, 9.17) is 0 Å². The van der Waals surface area contributed by atoms with Gasteiger partial charge in [-0.05, 0) is 47.7 Å². The molecule has 0 saturated carbocycles.